The van der Waals surface area contributed by atoms with E-state index in [1.54, 1.807) is 18.2 Å². The predicted molar refractivity (Wildman–Crippen MR) is 65.1 cm³/mol. The molecule has 0 atom stereocenters. The summed E-state index contributed by atoms with van der Waals surface area (Å²) in [6, 6.07) is 5.98. The van der Waals surface area contributed by atoms with Crippen LogP contribution in [-0.2, 0) is 4.79 Å². The largest absolute Gasteiger partial charge is 0.375 e. The lowest BCUT2D eigenvalue weighted by molar-refractivity contribution is -0.118. The molecule has 3 amide bonds. The van der Waals surface area contributed by atoms with Crippen LogP contribution in [0.5, 0.6) is 0 Å². The Hall–Kier alpha value is -2.07. The minimum absolute atomic E-state index is 0.0898. The van der Waals surface area contributed by atoms with Crippen molar-refractivity contribution in [2.45, 2.75) is 0 Å². The Bertz CT molecular complexity index is 496. The number of amides is 3. The molecule has 4 N–H and O–H groups in total. The highest BCUT2D eigenvalue weighted by molar-refractivity contribution is 9.10. The van der Waals surface area contributed by atoms with Crippen LogP contribution in [0.2, 0.25) is 0 Å². The predicted octanol–water partition coefficient (Wildman–Crippen LogP) is 0.928. The SMILES string of the molecule is N#Cc1ccc(NCC(=O)NC(N)=O)c(Br)c1. The maximum atomic E-state index is 11.1. The highest BCUT2D eigenvalue weighted by Crippen LogP contribution is 2.22. The van der Waals surface area contributed by atoms with E-state index in [0.29, 0.717) is 15.7 Å². The van der Waals surface area contributed by atoms with Gasteiger partial charge in [0.15, 0.2) is 0 Å². The Kier molecular flexibility index (Phi) is 4.48. The van der Waals surface area contributed by atoms with Crippen molar-refractivity contribution in [1.82, 2.24) is 5.32 Å². The molecule has 0 spiro atoms. The quantitative estimate of drug-likeness (QED) is 0.771. The standard InChI is InChI=1S/C10H9BrN4O2/c11-7-3-6(4-12)1-2-8(7)14-5-9(16)15-10(13)17/h1-3,14H,5H2,(H3,13,15,16,17). The molecule has 1 aromatic carbocycles. The maximum absolute atomic E-state index is 11.1. The van der Waals surface area contributed by atoms with Crippen molar-refractivity contribution in [3.05, 3.63) is 28.2 Å². The summed E-state index contributed by atoms with van der Waals surface area (Å²) in [5, 5.41) is 13.4. The number of hydrogen-bond acceptors (Lipinski definition) is 4. The Morgan fingerprint density at radius 3 is 2.71 bits per heavy atom. The summed E-state index contributed by atoms with van der Waals surface area (Å²) in [5.74, 6) is -0.534. The second-order valence-corrected chi connectivity index (χ2v) is 3.93. The van der Waals surface area contributed by atoms with Crippen LogP contribution in [-0.4, -0.2) is 18.5 Å². The molecule has 0 saturated heterocycles. The Morgan fingerprint density at radius 1 is 1.47 bits per heavy atom. The molecule has 7 heteroatoms. The van der Waals surface area contributed by atoms with Crippen LogP contribution in [0.25, 0.3) is 0 Å². The van der Waals surface area contributed by atoms with Gasteiger partial charge in [0.25, 0.3) is 0 Å². The van der Waals surface area contributed by atoms with Crippen molar-refractivity contribution < 1.29 is 9.59 Å². The molecule has 0 aliphatic heterocycles. The van der Waals surface area contributed by atoms with Crippen molar-refractivity contribution in [2.24, 2.45) is 5.73 Å². The highest BCUT2D eigenvalue weighted by atomic mass is 79.9. The normalized spacial score (nSPS) is 9.18. The zero-order chi connectivity index (χ0) is 12.8. The molecule has 0 radical (unpaired) electrons. The first-order valence-electron chi connectivity index (χ1n) is 4.55. The van der Waals surface area contributed by atoms with Crippen molar-refractivity contribution >= 4 is 33.6 Å². The van der Waals surface area contributed by atoms with Crippen molar-refractivity contribution in [3.8, 4) is 6.07 Å². The van der Waals surface area contributed by atoms with Crippen LogP contribution in [0.1, 0.15) is 5.56 Å². The van der Waals surface area contributed by atoms with E-state index >= 15 is 0 Å². The van der Waals surface area contributed by atoms with Crippen LogP contribution in [0.15, 0.2) is 22.7 Å². The van der Waals surface area contributed by atoms with Gasteiger partial charge in [0, 0.05) is 10.2 Å². The molecular weight excluding hydrogens is 288 g/mol. The zero-order valence-corrected chi connectivity index (χ0v) is 10.2. The first-order chi connectivity index (χ1) is 8.02. The van der Waals surface area contributed by atoms with Crippen molar-refractivity contribution in [2.75, 3.05) is 11.9 Å². The van der Waals surface area contributed by atoms with Crippen LogP contribution in [0.3, 0.4) is 0 Å². The number of carbonyl (C=O) groups is 2. The summed E-state index contributed by atoms with van der Waals surface area (Å²) in [5.41, 5.74) is 5.93. The van der Waals surface area contributed by atoms with Crippen LogP contribution < -0.4 is 16.4 Å². The third-order valence-corrected chi connectivity index (χ3v) is 2.46. The molecule has 0 aliphatic carbocycles. The average molecular weight is 297 g/mol. The van der Waals surface area contributed by atoms with E-state index in [1.807, 2.05) is 11.4 Å². The Balaban J connectivity index is 2.61. The topological polar surface area (TPSA) is 108 Å². The van der Waals surface area contributed by atoms with Gasteiger partial charge in [0.2, 0.25) is 5.91 Å². The summed E-state index contributed by atoms with van der Waals surface area (Å²) >= 11 is 3.25. The number of nitrogens with two attached hydrogens (primary N) is 1. The number of benzene rings is 1. The van der Waals surface area contributed by atoms with Gasteiger partial charge < -0.3 is 11.1 Å². The molecule has 17 heavy (non-hydrogen) atoms. The molecule has 0 fully saturated rings. The number of nitrogens with one attached hydrogen (secondary N) is 2. The molecule has 1 aromatic rings. The number of anilines is 1. The molecule has 0 bridgehead atoms. The third kappa shape index (κ3) is 4.12. The number of urea groups is 1. The molecule has 0 saturated carbocycles. The molecule has 88 valence electrons. The zero-order valence-electron chi connectivity index (χ0n) is 8.66. The van der Waals surface area contributed by atoms with Crippen LogP contribution >= 0.6 is 15.9 Å². The number of hydrogen-bond donors (Lipinski definition) is 3. The summed E-state index contributed by atoms with van der Waals surface area (Å²) in [6.07, 6.45) is 0. The lowest BCUT2D eigenvalue weighted by Gasteiger charge is -2.07. The monoisotopic (exact) mass is 296 g/mol. The van der Waals surface area contributed by atoms with Gasteiger partial charge in [-0.15, -0.1) is 0 Å². The number of nitrogens with zero attached hydrogens (tertiary/aromatic N) is 1. The summed E-state index contributed by atoms with van der Waals surface area (Å²) in [7, 11) is 0. The van der Waals surface area contributed by atoms with Crippen LogP contribution in [0.4, 0.5) is 10.5 Å². The molecule has 0 unspecified atom stereocenters. The summed E-state index contributed by atoms with van der Waals surface area (Å²) in [4.78, 5) is 21.5. The molecule has 1 rings (SSSR count). The minimum Gasteiger partial charge on any atom is -0.375 e. The lowest BCUT2D eigenvalue weighted by atomic mass is 10.2. The molecule has 0 aliphatic rings. The molecular formula is C10H9BrN4O2. The Morgan fingerprint density at radius 2 is 2.18 bits per heavy atom. The lowest BCUT2D eigenvalue weighted by Crippen LogP contribution is -2.38. The van der Waals surface area contributed by atoms with Gasteiger partial charge in [0.05, 0.1) is 18.2 Å². The van der Waals surface area contributed by atoms with Gasteiger partial charge in [-0.3, -0.25) is 10.1 Å². The minimum atomic E-state index is -0.893. The second-order valence-electron chi connectivity index (χ2n) is 3.07. The number of carbonyl (C=O) groups excluding carboxylic acids is 2. The number of imide groups is 1. The van der Waals surface area contributed by atoms with E-state index in [1.165, 1.54) is 0 Å². The van der Waals surface area contributed by atoms with Gasteiger partial charge in [0.1, 0.15) is 0 Å². The van der Waals surface area contributed by atoms with Crippen LogP contribution in [0, 0.1) is 11.3 Å². The summed E-state index contributed by atoms with van der Waals surface area (Å²) in [6.45, 7) is -0.0898. The molecule has 6 nitrogen and oxygen atoms in total. The van der Waals surface area contributed by atoms with Gasteiger partial charge in [-0.25, -0.2) is 4.79 Å². The fourth-order valence-corrected chi connectivity index (χ4v) is 1.60. The number of nitriles is 1. The van der Waals surface area contributed by atoms with Crippen molar-refractivity contribution in [3.63, 3.8) is 0 Å². The van der Waals surface area contributed by atoms with E-state index < -0.39 is 11.9 Å². The third-order valence-electron chi connectivity index (χ3n) is 1.80. The number of rotatable bonds is 3. The van der Waals surface area contributed by atoms with Gasteiger partial charge in [-0.2, -0.15) is 5.26 Å². The molecule has 0 heterocycles. The van der Waals surface area contributed by atoms with Crippen molar-refractivity contribution in [1.29, 1.82) is 5.26 Å². The van der Waals surface area contributed by atoms with E-state index in [2.05, 4.69) is 21.2 Å². The first kappa shape index (κ1) is 13.0. The fourth-order valence-electron chi connectivity index (χ4n) is 1.09. The van der Waals surface area contributed by atoms with E-state index in [4.69, 9.17) is 11.0 Å². The average Bonchev–Trinajstić information content (AvgIpc) is 2.26. The highest BCUT2D eigenvalue weighted by Gasteiger charge is 2.05. The maximum Gasteiger partial charge on any atom is 0.318 e. The van der Waals surface area contributed by atoms with E-state index in [9.17, 15) is 9.59 Å². The van der Waals surface area contributed by atoms with Gasteiger partial charge in [-0.1, -0.05) is 0 Å². The first-order valence-corrected chi connectivity index (χ1v) is 5.35. The van der Waals surface area contributed by atoms with Gasteiger partial charge in [-0.05, 0) is 34.1 Å². The Labute approximate surface area is 106 Å². The summed E-state index contributed by atoms with van der Waals surface area (Å²) < 4.78 is 0.656. The van der Waals surface area contributed by atoms with E-state index in [0.717, 1.165) is 0 Å². The molecule has 0 aromatic heterocycles. The smallest absolute Gasteiger partial charge is 0.318 e. The van der Waals surface area contributed by atoms with Gasteiger partial charge >= 0.3 is 6.03 Å². The fraction of sp³-hybridized carbons (Fsp3) is 0.100. The van der Waals surface area contributed by atoms with E-state index in [-0.39, 0.29) is 6.54 Å². The number of halogens is 1. The second kappa shape index (κ2) is 5.86. The number of primary amides is 1.